The number of morpholine rings is 1. The number of aryl methyl sites for hydroxylation is 1. The second-order valence-electron chi connectivity index (χ2n) is 9.53. The molecule has 0 unspecified atom stereocenters. The van der Waals surface area contributed by atoms with Crippen LogP contribution in [0.3, 0.4) is 0 Å². The molecule has 2 aromatic carbocycles. The zero-order valence-electron chi connectivity index (χ0n) is 21.9. The molecule has 1 aliphatic rings. The molecule has 0 bridgehead atoms. The maximum atomic E-state index is 13.6. The van der Waals surface area contributed by atoms with Gasteiger partial charge in [0, 0.05) is 26.2 Å². The highest BCUT2D eigenvalue weighted by molar-refractivity contribution is 7.92. The number of thiazole rings is 1. The second-order valence-corrected chi connectivity index (χ2v) is 13.0. The van der Waals surface area contributed by atoms with Gasteiger partial charge in [-0.05, 0) is 56.5 Å². The van der Waals surface area contributed by atoms with Gasteiger partial charge < -0.3 is 9.47 Å². The van der Waals surface area contributed by atoms with Gasteiger partial charge in [0.15, 0.2) is 15.0 Å². The lowest BCUT2D eigenvalue weighted by atomic mass is 10.1. The van der Waals surface area contributed by atoms with Gasteiger partial charge in [-0.1, -0.05) is 29.5 Å². The number of aromatic nitrogens is 1. The third kappa shape index (κ3) is 6.31. The number of carbonyl (C=O) groups is 1. The molecular formula is C27H35N3O5S2. The van der Waals surface area contributed by atoms with Crippen LogP contribution in [0.2, 0.25) is 0 Å². The summed E-state index contributed by atoms with van der Waals surface area (Å²) in [5.74, 6) is 0.614. The van der Waals surface area contributed by atoms with Crippen molar-refractivity contribution in [1.29, 1.82) is 0 Å². The number of fused-ring (bicyclic) bond motifs is 1. The molecule has 200 valence electrons. The fourth-order valence-electron chi connectivity index (χ4n) is 4.32. The molecule has 0 aliphatic carbocycles. The van der Waals surface area contributed by atoms with Gasteiger partial charge in [0.25, 0.3) is 0 Å². The average molecular weight is 546 g/mol. The van der Waals surface area contributed by atoms with E-state index < -0.39 is 15.1 Å². The smallest absolute Gasteiger partial charge is 0.233 e. The molecule has 8 nitrogen and oxygen atoms in total. The molecule has 1 aliphatic heterocycles. The van der Waals surface area contributed by atoms with Crippen molar-refractivity contribution in [2.45, 2.75) is 43.8 Å². The lowest BCUT2D eigenvalue weighted by molar-refractivity contribution is -0.118. The van der Waals surface area contributed by atoms with Gasteiger partial charge in [-0.3, -0.25) is 14.6 Å². The van der Waals surface area contributed by atoms with Crippen molar-refractivity contribution in [3.05, 3.63) is 47.5 Å². The minimum Gasteiger partial charge on any atom is -0.494 e. The second kappa shape index (κ2) is 11.9. The standard InChI is InChI=1S/C27H35N3O5S2/c1-19(2)37(32,33)22-9-7-21(8-10-22)18-24(31)30(13-5-12-29-14-16-35-17-15-29)27-28-25-23(34-4)11-6-20(3)26(25)36-27/h6-11,19H,5,12-18H2,1-4H3. The molecule has 0 atom stereocenters. The topological polar surface area (TPSA) is 89.0 Å². The predicted octanol–water partition coefficient (Wildman–Crippen LogP) is 4.09. The molecule has 1 fully saturated rings. The van der Waals surface area contributed by atoms with Crippen molar-refractivity contribution < 1.29 is 22.7 Å². The monoisotopic (exact) mass is 545 g/mol. The highest BCUT2D eigenvalue weighted by Crippen LogP contribution is 2.36. The summed E-state index contributed by atoms with van der Waals surface area (Å²) in [6, 6.07) is 10.5. The van der Waals surface area contributed by atoms with Gasteiger partial charge in [0.2, 0.25) is 5.91 Å². The van der Waals surface area contributed by atoms with E-state index in [1.807, 2.05) is 19.1 Å². The average Bonchev–Trinajstić information content (AvgIpc) is 3.33. The quantitative estimate of drug-likeness (QED) is 0.379. The number of rotatable bonds is 10. The van der Waals surface area contributed by atoms with Gasteiger partial charge >= 0.3 is 0 Å². The molecule has 0 radical (unpaired) electrons. The van der Waals surface area contributed by atoms with E-state index in [1.54, 1.807) is 50.1 Å². The van der Waals surface area contributed by atoms with Crippen LogP contribution in [-0.2, 0) is 25.8 Å². The number of hydrogen-bond acceptors (Lipinski definition) is 8. The fourth-order valence-corrected chi connectivity index (χ4v) is 6.48. The molecule has 0 N–H and O–H groups in total. The van der Waals surface area contributed by atoms with Crippen LogP contribution in [0.1, 0.15) is 31.4 Å². The molecule has 0 saturated carbocycles. The van der Waals surface area contributed by atoms with Crippen molar-refractivity contribution in [2.75, 3.05) is 51.4 Å². The summed E-state index contributed by atoms with van der Waals surface area (Å²) in [5, 5.41) is 0.148. The first-order chi connectivity index (χ1) is 17.7. The Balaban J connectivity index is 1.57. The number of amides is 1. The lowest BCUT2D eigenvalue weighted by Crippen LogP contribution is -2.39. The minimum absolute atomic E-state index is 0.0721. The third-order valence-corrected chi connectivity index (χ3v) is 10.0. The number of methoxy groups -OCH3 is 1. The normalized spacial score (nSPS) is 14.8. The van der Waals surface area contributed by atoms with Crippen LogP contribution in [0.25, 0.3) is 10.2 Å². The highest BCUT2D eigenvalue weighted by atomic mass is 32.2. The lowest BCUT2D eigenvalue weighted by Gasteiger charge is -2.27. The zero-order chi connectivity index (χ0) is 26.6. The Labute approximate surface area is 223 Å². The number of ether oxygens (including phenoxy) is 2. The highest BCUT2D eigenvalue weighted by Gasteiger charge is 2.23. The van der Waals surface area contributed by atoms with Crippen LogP contribution in [0.15, 0.2) is 41.3 Å². The van der Waals surface area contributed by atoms with Gasteiger partial charge in [0.1, 0.15) is 11.3 Å². The number of nitrogens with zero attached hydrogens (tertiary/aromatic N) is 3. The Morgan fingerprint density at radius 1 is 1.16 bits per heavy atom. The SMILES string of the molecule is COc1ccc(C)c2sc(N(CCCN3CCOCC3)C(=O)Cc3ccc(S(=O)(=O)C(C)C)cc3)nc12. The Kier molecular flexibility index (Phi) is 8.84. The summed E-state index contributed by atoms with van der Waals surface area (Å²) in [5.41, 5.74) is 2.61. The fraction of sp³-hybridized carbons (Fsp3) is 0.481. The van der Waals surface area contributed by atoms with E-state index in [1.165, 1.54) is 11.3 Å². The van der Waals surface area contributed by atoms with Crippen molar-refractivity contribution in [1.82, 2.24) is 9.88 Å². The van der Waals surface area contributed by atoms with Crippen LogP contribution in [-0.4, -0.2) is 76.0 Å². The van der Waals surface area contributed by atoms with E-state index in [4.69, 9.17) is 14.5 Å². The van der Waals surface area contributed by atoms with Gasteiger partial charge in [-0.15, -0.1) is 0 Å². The Morgan fingerprint density at radius 2 is 1.86 bits per heavy atom. The van der Waals surface area contributed by atoms with E-state index in [-0.39, 0.29) is 17.2 Å². The zero-order valence-corrected chi connectivity index (χ0v) is 23.5. The molecule has 0 spiro atoms. The Bertz CT molecular complexity index is 1330. The van der Waals surface area contributed by atoms with Gasteiger partial charge in [0.05, 0.1) is 41.6 Å². The molecule has 37 heavy (non-hydrogen) atoms. The van der Waals surface area contributed by atoms with Crippen molar-refractivity contribution in [3.63, 3.8) is 0 Å². The number of benzene rings is 2. The van der Waals surface area contributed by atoms with E-state index in [0.717, 1.165) is 60.6 Å². The molecule has 2 heterocycles. The van der Waals surface area contributed by atoms with Crippen molar-refractivity contribution in [3.8, 4) is 5.75 Å². The van der Waals surface area contributed by atoms with Crippen LogP contribution in [0.4, 0.5) is 5.13 Å². The van der Waals surface area contributed by atoms with Crippen LogP contribution < -0.4 is 9.64 Å². The maximum Gasteiger partial charge on any atom is 0.233 e. The van der Waals surface area contributed by atoms with Gasteiger partial charge in [-0.2, -0.15) is 0 Å². The molecule has 3 aromatic rings. The number of sulfone groups is 1. The molecule has 1 saturated heterocycles. The Hall–Kier alpha value is -2.53. The van der Waals surface area contributed by atoms with Gasteiger partial charge in [-0.25, -0.2) is 13.4 Å². The first kappa shape index (κ1) is 27.5. The van der Waals surface area contributed by atoms with Crippen LogP contribution in [0.5, 0.6) is 5.75 Å². The number of carbonyl (C=O) groups excluding carboxylic acids is 1. The first-order valence-corrected chi connectivity index (χ1v) is 14.9. The van der Waals surface area contributed by atoms with E-state index in [9.17, 15) is 13.2 Å². The summed E-state index contributed by atoms with van der Waals surface area (Å²) < 4.78 is 36.9. The predicted molar refractivity (Wildman–Crippen MR) is 148 cm³/mol. The number of anilines is 1. The summed E-state index contributed by atoms with van der Waals surface area (Å²) in [4.78, 5) is 22.8. The first-order valence-electron chi connectivity index (χ1n) is 12.6. The van der Waals surface area contributed by atoms with E-state index in [0.29, 0.717) is 17.4 Å². The maximum absolute atomic E-state index is 13.6. The summed E-state index contributed by atoms with van der Waals surface area (Å²) in [6.07, 6.45) is 0.967. The summed E-state index contributed by atoms with van der Waals surface area (Å²) in [6.45, 7) is 10.0. The van der Waals surface area contributed by atoms with Crippen molar-refractivity contribution >= 4 is 42.4 Å². The van der Waals surface area contributed by atoms with Crippen molar-refractivity contribution in [2.24, 2.45) is 0 Å². The minimum atomic E-state index is -3.36. The molecule has 10 heteroatoms. The van der Waals surface area contributed by atoms with E-state index >= 15 is 0 Å². The number of hydrogen-bond donors (Lipinski definition) is 0. The van der Waals surface area contributed by atoms with Crippen LogP contribution in [0, 0.1) is 6.92 Å². The molecule has 4 rings (SSSR count). The van der Waals surface area contributed by atoms with E-state index in [2.05, 4.69) is 4.90 Å². The largest absolute Gasteiger partial charge is 0.494 e. The Morgan fingerprint density at radius 3 is 2.51 bits per heavy atom. The molecular weight excluding hydrogens is 510 g/mol. The summed E-state index contributed by atoms with van der Waals surface area (Å²) in [7, 11) is -1.74. The molecule has 1 aromatic heterocycles. The molecule has 1 amide bonds. The third-order valence-electron chi connectivity index (χ3n) is 6.63. The summed E-state index contributed by atoms with van der Waals surface area (Å²) >= 11 is 1.50. The van der Waals surface area contributed by atoms with Crippen LogP contribution >= 0.6 is 11.3 Å².